The maximum absolute atomic E-state index is 12.1. The van der Waals surface area contributed by atoms with Crippen LogP contribution in [0.3, 0.4) is 0 Å². The minimum Gasteiger partial charge on any atom is -0.388 e. The Balaban J connectivity index is 2.13. The van der Waals surface area contributed by atoms with Gasteiger partial charge in [0.1, 0.15) is 0 Å². The lowest BCUT2D eigenvalue weighted by atomic mass is 10.0. The van der Waals surface area contributed by atoms with Crippen LogP contribution in [-0.2, 0) is 9.84 Å². The molecule has 6 heteroatoms. The number of hydrogen-bond acceptors (Lipinski definition) is 5. The van der Waals surface area contributed by atoms with Gasteiger partial charge in [-0.05, 0) is 39.1 Å². The third kappa shape index (κ3) is 4.03. The van der Waals surface area contributed by atoms with E-state index >= 15 is 0 Å². The zero-order valence-corrected chi connectivity index (χ0v) is 13.7. The Morgan fingerprint density at radius 1 is 1.38 bits per heavy atom. The summed E-state index contributed by atoms with van der Waals surface area (Å²) in [4.78, 5) is 2.35. The predicted molar refractivity (Wildman–Crippen MR) is 83.0 cm³/mol. The molecule has 1 heterocycles. The fourth-order valence-electron chi connectivity index (χ4n) is 2.88. The molecule has 0 amide bonds. The minimum atomic E-state index is -3.16. The van der Waals surface area contributed by atoms with Crippen LogP contribution in [0.25, 0.3) is 0 Å². The van der Waals surface area contributed by atoms with Gasteiger partial charge in [-0.25, -0.2) is 8.42 Å². The van der Waals surface area contributed by atoms with Gasteiger partial charge in [0.25, 0.3) is 0 Å². The SMILES string of the molecule is CN(C)CC(C)(O)CNC1CCS(=O)(=O)c2ccccc21. The van der Waals surface area contributed by atoms with Gasteiger partial charge in [-0.15, -0.1) is 0 Å². The first-order valence-electron chi connectivity index (χ1n) is 7.13. The molecule has 0 radical (unpaired) electrons. The highest BCUT2D eigenvalue weighted by Crippen LogP contribution is 2.31. The van der Waals surface area contributed by atoms with Crippen LogP contribution in [0.1, 0.15) is 24.9 Å². The highest BCUT2D eigenvalue weighted by atomic mass is 32.2. The lowest BCUT2D eigenvalue weighted by molar-refractivity contribution is 0.0310. The fraction of sp³-hybridized carbons (Fsp3) is 0.600. The Hall–Kier alpha value is -0.950. The van der Waals surface area contributed by atoms with E-state index in [1.165, 1.54) is 0 Å². The van der Waals surface area contributed by atoms with Crippen molar-refractivity contribution in [2.75, 3.05) is 32.9 Å². The van der Waals surface area contributed by atoms with Crippen molar-refractivity contribution >= 4 is 9.84 Å². The lowest BCUT2D eigenvalue weighted by Crippen LogP contribution is -2.47. The molecule has 2 N–H and O–H groups in total. The molecule has 2 rings (SSSR count). The van der Waals surface area contributed by atoms with Gasteiger partial charge in [0.05, 0.1) is 16.2 Å². The number of fused-ring (bicyclic) bond motifs is 1. The van der Waals surface area contributed by atoms with Crippen LogP contribution in [0.15, 0.2) is 29.2 Å². The second-order valence-corrected chi connectivity index (χ2v) is 8.39. The number of aliphatic hydroxyl groups is 1. The normalized spacial score (nSPS) is 23.6. The van der Waals surface area contributed by atoms with E-state index in [1.807, 2.05) is 31.1 Å². The average Bonchev–Trinajstić information content (AvgIpc) is 2.36. The summed E-state index contributed by atoms with van der Waals surface area (Å²) in [6.07, 6.45) is 0.539. The second-order valence-electron chi connectivity index (χ2n) is 6.31. The van der Waals surface area contributed by atoms with Crippen LogP contribution < -0.4 is 5.32 Å². The number of likely N-dealkylation sites (N-methyl/N-ethyl adjacent to an activating group) is 1. The van der Waals surface area contributed by atoms with Gasteiger partial charge in [0, 0.05) is 19.1 Å². The first kappa shape index (κ1) is 16.4. The predicted octanol–water partition coefficient (Wildman–Crippen LogP) is 0.807. The molecule has 21 heavy (non-hydrogen) atoms. The maximum Gasteiger partial charge on any atom is 0.178 e. The zero-order chi connectivity index (χ0) is 15.7. The monoisotopic (exact) mass is 312 g/mol. The molecule has 118 valence electrons. The van der Waals surface area contributed by atoms with Crippen molar-refractivity contribution in [3.63, 3.8) is 0 Å². The highest BCUT2D eigenvalue weighted by molar-refractivity contribution is 7.91. The Labute approximate surface area is 126 Å². The van der Waals surface area contributed by atoms with E-state index in [0.29, 0.717) is 24.4 Å². The topological polar surface area (TPSA) is 69.6 Å². The van der Waals surface area contributed by atoms with Gasteiger partial charge in [-0.1, -0.05) is 18.2 Å². The quantitative estimate of drug-likeness (QED) is 0.842. The van der Waals surface area contributed by atoms with E-state index in [4.69, 9.17) is 0 Å². The van der Waals surface area contributed by atoms with Gasteiger partial charge < -0.3 is 15.3 Å². The summed E-state index contributed by atoms with van der Waals surface area (Å²) in [6.45, 7) is 2.75. The summed E-state index contributed by atoms with van der Waals surface area (Å²) in [7, 11) is 0.669. The van der Waals surface area contributed by atoms with Crippen molar-refractivity contribution in [2.45, 2.75) is 29.9 Å². The third-order valence-corrected chi connectivity index (χ3v) is 5.51. The molecule has 1 aromatic carbocycles. The van der Waals surface area contributed by atoms with Crippen LogP contribution in [0.2, 0.25) is 0 Å². The zero-order valence-electron chi connectivity index (χ0n) is 12.8. The van der Waals surface area contributed by atoms with Crippen LogP contribution in [0.5, 0.6) is 0 Å². The second kappa shape index (κ2) is 6.04. The van der Waals surface area contributed by atoms with Crippen LogP contribution in [-0.4, -0.2) is 57.0 Å². The Kier molecular flexibility index (Phi) is 4.72. The van der Waals surface area contributed by atoms with E-state index in [2.05, 4.69) is 5.32 Å². The molecule has 0 bridgehead atoms. The molecule has 5 nitrogen and oxygen atoms in total. The summed E-state index contributed by atoms with van der Waals surface area (Å²) in [6, 6.07) is 7.09. The standard InChI is InChI=1S/C15H24N2O3S/c1-15(18,11-17(2)3)10-16-13-8-9-21(19,20)14-7-5-4-6-12(13)14/h4-7,13,16,18H,8-11H2,1-3H3. The molecule has 0 spiro atoms. The Morgan fingerprint density at radius 3 is 2.71 bits per heavy atom. The number of benzene rings is 1. The first-order valence-corrected chi connectivity index (χ1v) is 8.79. The van der Waals surface area contributed by atoms with Gasteiger partial charge in [0.2, 0.25) is 0 Å². The Bertz CT molecular complexity index is 597. The lowest BCUT2D eigenvalue weighted by Gasteiger charge is -2.32. The molecular formula is C15H24N2O3S. The first-order chi connectivity index (χ1) is 9.71. The van der Waals surface area contributed by atoms with Crippen molar-refractivity contribution in [3.05, 3.63) is 29.8 Å². The third-order valence-electron chi connectivity index (χ3n) is 3.69. The van der Waals surface area contributed by atoms with Crippen molar-refractivity contribution in [1.82, 2.24) is 10.2 Å². The molecule has 0 fully saturated rings. The summed E-state index contributed by atoms with van der Waals surface area (Å²) >= 11 is 0. The summed E-state index contributed by atoms with van der Waals surface area (Å²) in [5, 5.41) is 13.7. The molecule has 0 saturated heterocycles. The van der Waals surface area contributed by atoms with E-state index in [1.54, 1.807) is 19.1 Å². The molecule has 0 aromatic heterocycles. The molecule has 1 aliphatic rings. The highest BCUT2D eigenvalue weighted by Gasteiger charge is 2.31. The maximum atomic E-state index is 12.1. The van der Waals surface area contributed by atoms with Gasteiger partial charge >= 0.3 is 0 Å². The molecule has 0 saturated carbocycles. The summed E-state index contributed by atoms with van der Waals surface area (Å²) in [5.74, 6) is 0.150. The molecule has 0 aliphatic carbocycles. The van der Waals surface area contributed by atoms with E-state index in [-0.39, 0.29) is 11.8 Å². The number of nitrogens with zero attached hydrogens (tertiary/aromatic N) is 1. The summed E-state index contributed by atoms with van der Waals surface area (Å²) < 4.78 is 24.2. The molecule has 2 unspecified atom stereocenters. The smallest absolute Gasteiger partial charge is 0.178 e. The number of sulfone groups is 1. The summed E-state index contributed by atoms with van der Waals surface area (Å²) in [5.41, 5.74) is -0.0428. The molecule has 1 aromatic rings. The van der Waals surface area contributed by atoms with Gasteiger partial charge in [0.15, 0.2) is 9.84 Å². The van der Waals surface area contributed by atoms with Crippen LogP contribution in [0.4, 0.5) is 0 Å². The molecule has 1 aliphatic heterocycles. The van der Waals surface area contributed by atoms with E-state index < -0.39 is 15.4 Å². The molecular weight excluding hydrogens is 288 g/mol. The van der Waals surface area contributed by atoms with Gasteiger partial charge in [-0.2, -0.15) is 0 Å². The minimum absolute atomic E-state index is 0.0293. The van der Waals surface area contributed by atoms with Crippen molar-refractivity contribution in [3.8, 4) is 0 Å². The Morgan fingerprint density at radius 2 is 2.05 bits per heavy atom. The van der Waals surface area contributed by atoms with Crippen molar-refractivity contribution in [2.24, 2.45) is 0 Å². The van der Waals surface area contributed by atoms with E-state index in [0.717, 1.165) is 5.56 Å². The van der Waals surface area contributed by atoms with Crippen molar-refractivity contribution in [1.29, 1.82) is 0 Å². The molecule has 2 atom stereocenters. The average molecular weight is 312 g/mol. The number of nitrogens with one attached hydrogen (secondary N) is 1. The van der Waals surface area contributed by atoms with Crippen LogP contribution >= 0.6 is 0 Å². The van der Waals surface area contributed by atoms with E-state index in [9.17, 15) is 13.5 Å². The fourth-order valence-corrected chi connectivity index (χ4v) is 4.50. The van der Waals surface area contributed by atoms with Gasteiger partial charge in [-0.3, -0.25) is 0 Å². The number of rotatable bonds is 5. The van der Waals surface area contributed by atoms with Crippen molar-refractivity contribution < 1.29 is 13.5 Å². The number of hydrogen-bond donors (Lipinski definition) is 2. The van der Waals surface area contributed by atoms with Crippen LogP contribution in [0, 0.1) is 0 Å². The largest absolute Gasteiger partial charge is 0.388 e.